The van der Waals surface area contributed by atoms with Crippen LogP contribution in [0.5, 0.6) is 0 Å². The third-order valence-electron chi connectivity index (χ3n) is 6.37. The molecule has 2 aromatic rings. The van der Waals surface area contributed by atoms with Crippen molar-refractivity contribution in [1.29, 1.82) is 0 Å². The van der Waals surface area contributed by atoms with Crippen LogP contribution in [0.1, 0.15) is 60.6 Å². The fourth-order valence-electron chi connectivity index (χ4n) is 4.61. The van der Waals surface area contributed by atoms with E-state index in [4.69, 9.17) is 0 Å². The van der Waals surface area contributed by atoms with Gasteiger partial charge in [-0.25, -0.2) is 0 Å². The summed E-state index contributed by atoms with van der Waals surface area (Å²) in [7, 11) is 0. The third-order valence-corrected chi connectivity index (χ3v) is 6.37. The van der Waals surface area contributed by atoms with Crippen molar-refractivity contribution in [3.05, 3.63) is 65.5 Å². The fourth-order valence-corrected chi connectivity index (χ4v) is 4.61. The number of carbonyl (C=O) groups excluding carboxylic acids is 2. The molecule has 152 valence electrons. The Labute approximate surface area is 172 Å². The van der Waals surface area contributed by atoms with Gasteiger partial charge in [-0.3, -0.25) is 14.6 Å². The van der Waals surface area contributed by atoms with E-state index in [1.807, 2.05) is 11.0 Å². The molecule has 1 spiro atoms. The quantitative estimate of drug-likeness (QED) is 0.795. The van der Waals surface area contributed by atoms with E-state index in [0.29, 0.717) is 31.2 Å². The molecule has 1 aromatic carbocycles. The number of hydrogen-bond acceptors (Lipinski definition) is 3. The maximum Gasteiger partial charge on any atom is 0.272 e. The van der Waals surface area contributed by atoms with Gasteiger partial charge in [-0.05, 0) is 48.4 Å². The van der Waals surface area contributed by atoms with Crippen LogP contribution >= 0.6 is 0 Å². The van der Waals surface area contributed by atoms with Gasteiger partial charge >= 0.3 is 0 Å². The normalized spacial score (nSPS) is 22.0. The molecule has 5 heteroatoms. The van der Waals surface area contributed by atoms with Crippen molar-refractivity contribution in [2.45, 2.75) is 45.6 Å². The Balaban J connectivity index is 1.45. The predicted octanol–water partition coefficient (Wildman–Crippen LogP) is 3.86. The lowest BCUT2D eigenvalue weighted by atomic mass is 9.78. The molecule has 29 heavy (non-hydrogen) atoms. The van der Waals surface area contributed by atoms with E-state index in [9.17, 15) is 9.59 Å². The van der Waals surface area contributed by atoms with Gasteiger partial charge in [0.2, 0.25) is 5.91 Å². The largest absolute Gasteiger partial charge is 0.338 e. The molecule has 1 aromatic heterocycles. The number of hydrogen-bond donors (Lipinski definition) is 0. The minimum atomic E-state index is -0.430. The summed E-state index contributed by atoms with van der Waals surface area (Å²) >= 11 is 0. The van der Waals surface area contributed by atoms with Crippen LogP contribution < -0.4 is 0 Å². The Kier molecular flexibility index (Phi) is 5.39. The lowest BCUT2D eigenvalue weighted by Crippen LogP contribution is -2.50. The molecule has 0 N–H and O–H groups in total. The summed E-state index contributed by atoms with van der Waals surface area (Å²) in [5, 5.41) is 0. The number of pyridine rings is 1. The first-order valence-electron chi connectivity index (χ1n) is 10.6. The molecule has 2 amide bonds. The highest BCUT2D eigenvalue weighted by Gasteiger charge is 2.49. The second-order valence-electron chi connectivity index (χ2n) is 8.70. The molecule has 2 aliphatic rings. The maximum absolute atomic E-state index is 13.4. The van der Waals surface area contributed by atoms with Crippen molar-refractivity contribution in [3.8, 4) is 0 Å². The molecule has 0 bridgehead atoms. The van der Waals surface area contributed by atoms with Gasteiger partial charge in [0.25, 0.3) is 5.91 Å². The number of rotatable bonds is 4. The lowest BCUT2D eigenvalue weighted by molar-refractivity contribution is -0.146. The van der Waals surface area contributed by atoms with Gasteiger partial charge in [0, 0.05) is 32.4 Å². The van der Waals surface area contributed by atoms with Gasteiger partial charge in [-0.2, -0.15) is 0 Å². The van der Waals surface area contributed by atoms with E-state index >= 15 is 0 Å². The number of carbonyl (C=O) groups is 2. The SMILES string of the molecule is CC(C)c1ccc(CN2CCC[C@]3(CCN(C(=O)c4ccccn4)C3)C2=O)cc1. The second-order valence-corrected chi connectivity index (χ2v) is 8.70. The number of amides is 2. The summed E-state index contributed by atoms with van der Waals surface area (Å²) in [6, 6.07) is 14.0. The summed E-state index contributed by atoms with van der Waals surface area (Å²) in [6.07, 6.45) is 4.23. The van der Waals surface area contributed by atoms with Crippen LogP contribution in [0.3, 0.4) is 0 Å². The minimum absolute atomic E-state index is 0.0725. The van der Waals surface area contributed by atoms with Crippen molar-refractivity contribution in [2.75, 3.05) is 19.6 Å². The topological polar surface area (TPSA) is 53.5 Å². The molecule has 2 aliphatic heterocycles. The van der Waals surface area contributed by atoms with Crippen LogP contribution in [0, 0.1) is 5.41 Å². The van der Waals surface area contributed by atoms with Crippen molar-refractivity contribution < 1.29 is 9.59 Å². The molecular formula is C24H29N3O2. The van der Waals surface area contributed by atoms with Gasteiger partial charge in [-0.1, -0.05) is 44.2 Å². The third kappa shape index (κ3) is 3.91. The molecule has 2 fully saturated rings. The molecule has 2 saturated heterocycles. The predicted molar refractivity (Wildman–Crippen MR) is 112 cm³/mol. The zero-order valence-corrected chi connectivity index (χ0v) is 17.3. The van der Waals surface area contributed by atoms with Crippen molar-refractivity contribution in [3.63, 3.8) is 0 Å². The Morgan fingerprint density at radius 1 is 1.10 bits per heavy atom. The van der Waals surface area contributed by atoms with Gasteiger partial charge in [0.15, 0.2) is 0 Å². The summed E-state index contributed by atoms with van der Waals surface area (Å²) < 4.78 is 0. The lowest BCUT2D eigenvalue weighted by Gasteiger charge is -2.39. The number of aromatic nitrogens is 1. The van der Waals surface area contributed by atoms with E-state index in [2.05, 4.69) is 43.1 Å². The molecule has 1 atom stereocenters. The number of piperidine rings is 1. The molecule has 0 radical (unpaired) electrons. The molecule has 3 heterocycles. The average molecular weight is 392 g/mol. The van der Waals surface area contributed by atoms with E-state index in [1.165, 1.54) is 11.1 Å². The van der Waals surface area contributed by atoms with Crippen LogP contribution in [0.2, 0.25) is 0 Å². The van der Waals surface area contributed by atoms with E-state index in [1.54, 1.807) is 23.2 Å². The molecule has 5 nitrogen and oxygen atoms in total. The highest BCUT2D eigenvalue weighted by atomic mass is 16.2. The van der Waals surface area contributed by atoms with Crippen LogP contribution in [0.4, 0.5) is 0 Å². The molecular weight excluding hydrogens is 362 g/mol. The zero-order chi connectivity index (χ0) is 20.4. The Bertz CT molecular complexity index is 879. The summed E-state index contributed by atoms with van der Waals surface area (Å²) in [6.45, 7) is 6.94. The van der Waals surface area contributed by atoms with Crippen LogP contribution in [-0.4, -0.2) is 46.2 Å². The Morgan fingerprint density at radius 3 is 2.59 bits per heavy atom. The Hall–Kier alpha value is -2.69. The van der Waals surface area contributed by atoms with Crippen LogP contribution in [0.25, 0.3) is 0 Å². The average Bonchev–Trinajstić information content (AvgIpc) is 3.17. The fraction of sp³-hybridized carbons (Fsp3) is 0.458. The van der Waals surface area contributed by atoms with Gasteiger partial charge in [0.1, 0.15) is 5.69 Å². The van der Waals surface area contributed by atoms with E-state index < -0.39 is 5.41 Å². The van der Waals surface area contributed by atoms with Gasteiger partial charge in [-0.15, -0.1) is 0 Å². The maximum atomic E-state index is 13.4. The number of likely N-dealkylation sites (tertiary alicyclic amines) is 2. The minimum Gasteiger partial charge on any atom is -0.338 e. The number of nitrogens with zero attached hydrogens (tertiary/aromatic N) is 3. The first kappa shape index (κ1) is 19.6. The van der Waals surface area contributed by atoms with Gasteiger partial charge in [0.05, 0.1) is 5.41 Å². The zero-order valence-electron chi connectivity index (χ0n) is 17.3. The van der Waals surface area contributed by atoms with E-state index in [0.717, 1.165) is 25.8 Å². The monoisotopic (exact) mass is 391 g/mol. The molecule has 0 unspecified atom stereocenters. The standard InChI is InChI=1S/C24H29N3O2/c1-18(2)20-9-7-19(8-10-20)16-26-14-5-11-24(23(26)29)12-15-27(17-24)22(28)21-6-3-4-13-25-21/h3-4,6-10,13,18H,5,11-12,14-17H2,1-2H3/t24-/m1/s1. The number of benzene rings is 1. The molecule has 0 saturated carbocycles. The molecule has 0 aliphatic carbocycles. The summed E-state index contributed by atoms with van der Waals surface area (Å²) in [4.78, 5) is 34.2. The van der Waals surface area contributed by atoms with E-state index in [-0.39, 0.29) is 11.8 Å². The second kappa shape index (κ2) is 7.97. The van der Waals surface area contributed by atoms with Gasteiger partial charge < -0.3 is 9.80 Å². The van der Waals surface area contributed by atoms with Crippen LogP contribution in [0.15, 0.2) is 48.7 Å². The van der Waals surface area contributed by atoms with Crippen molar-refractivity contribution >= 4 is 11.8 Å². The summed E-state index contributed by atoms with van der Waals surface area (Å²) in [5.41, 5.74) is 2.50. The van der Waals surface area contributed by atoms with Crippen LogP contribution in [-0.2, 0) is 11.3 Å². The first-order chi connectivity index (χ1) is 14.0. The summed E-state index contributed by atoms with van der Waals surface area (Å²) in [5.74, 6) is 0.634. The smallest absolute Gasteiger partial charge is 0.272 e. The first-order valence-corrected chi connectivity index (χ1v) is 10.6. The van der Waals surface area contributed by atoms with Crippen molar-refractivity contribution in [1.82, 2.24) is 14.8 Å². The molecule has 4 rings (SSSR count). The van der Waals surface area contributed by atoms with Crippen molar-refractivity contribution in [2.24, 2.45) is 5.41 Å². The highest BCUT2D eigenvalue weighted by Crippen LogP contribution is 2.40. The Morgan fingerprint density at radius 2 is 1.90 bits per heavy atom. The highest BCUT2D eigenvalue weighted by molar-refractivity contribution is 5.93.